The first kappa shape index (κ1) is 14.4. The zero-order valence-electron chi connectivity index (χ0n) is 10.2. The molecule has 0 saturated carbocycles. The van der Waals surface area contributed by atoms with Crippen molar-refractivity contribution in [1.29, 1.82) is 0 Å². The van der Waals surface area contributed by atoms with E-state index in [1.807, 2.05) is 19.9 Å². The second kappa shape index (κ2) is 6.82. The second-order valence-electron chi connectivity index (χ2n) is 3.64. The number of hydrogen-bond donors (Lipinski definition) is 0. The lowest BCUT2D eigenvalue weighted by atomic mass is 9.99. The molecule has 0 unspecified atom stereocenters. The molecule has 0 aromatic carbocycles. The molecule has 0 aromatic rings. The molecule has 0 spiro atoms. The fraction of sp³-hybridized carbons (Fsp3) is 0.500. The Morgan fingerprint density at radius 2 is 1.62 bits per heavy atom. The van der Waals surface area contributed by atoms with Crippen LogP contribution in [0, 0.1) is 5.92 Å². The minimum atomic E-state index is -0.898. The smallest absolute Gasteiger partial charge is 0.320 e. The Balaban J connectivity index is 4.74. The minimum Gasteiger partial charge on any atom is -0.468 e. The summed E-state index contributed by atoms with van der Waals surface area (Å²) in [7, 11) is 2.49. The first-order chi connectivity index (χ1) is 7.42. The zero-order valence-corrected chi connectivity index (χ0v) is 10.2. The third kappa shape index (κ3) is 4.77. The number of hydrogen-bond acceptors (Lipinski definition) is 4. The molecule has 0 aliphatic rings. The van der Waals surface area contributed by atoms with Crippen LogP contribution in [0.1, 0.15) is 20.3 Å². The van der Waals surface area contributed by atoms with Gasteiger partial charge in [-0.3, -0.25) is 9.59 Å². The van der Waals surface area contributed by atoms with Crippen LogP contribution in [-0.2, 0) is 19.1 Å². The number of ether oxygens (including phenoxy) is 2. The molecule has 0 radical (unpaired) electrons. The topological polar surface area (TPSA) is 52.6 Å². The van der Waals surface area contributed by atoms with Gasteiger partial charge in [-0.05, 0) is 20.3 Å². The van der Waals surface area contributed by atoms with Crippen molar-refractivity contribution in [3.63, 3.8) is 0 Å². The molecule has 0 atom stereocenters. The molecule has 0 aliphatic carbocycles. The van der Waals surface area contributed by atoms with E-state index in [1.165, 1.54) is 14.2 Å². The number of allylic oxidation sites excluding steroid dienone is 3. The third-order valence-corrected chi connectivity index (χ3v) is 1.99. The van der Waals surface area contributed by atoms with Crippen molar-refractivity contribution in [2.75, 3.05) is 14.2 Å². The molecular formula is C12H18O4. The maximum atomic E-state index is 11.4. The summed E-state index contributed by atoms with van der Waals surface area (Å²) in [6.45, 7) is 7.39. The summed E-state index contributed by atoms with van der Waals surface area (Å²) < 4.78 is 9.10. The van der Waals surface area contributed by atoms with Crippen LogP contribution >= 0.6 is 0 Å². The monoisotopic (exact) mass is 226 g/mol. The van der Waals surface area contributed by atoms with Crippen molar-refractivity contribution in [3.8, 4) is 0 Å². The van der Waals surface area contributed by atoms with Crippen molar-refractivity contribution in [2.24, 2.45) is 5.92 Å². The van der Waals surface area contributed by atoms with Crippen LogP contribution < -0.4 is 0 Å². The van der Waals surface area contributed by atoms with Gasteiger partial charge >= 0.3 is 11.9 Å². The van der Waals surface area contributed by atoms with Gasteiger partial charge in [0.25, 0.3) is 0 Å². The average molecular weight is 226 g/mol. The van der Waals surface area contributed by atoms with E-state index in [9.17, 15) is 9.59 Å². The summed E-state index contributed by atoms with van der Waals surface area (Å²) in [4.78, 5) is 22.7. The Bertz CT molecular complexity index is 299. The maximum absolute atomic E-state index is 11.4. The lowest BCUT2D eigenvalue weighted by molar-refractivity contribution is -0.158. The molecule has 0 amide bonds. The van der Waals surface area contributed by atoms with E-state index in [-0.39, 0.29) is 6.42 Å². The van der Waals surface area contributed by atoms with Crippen LogP contribution in [0.25, 0.3) is 0 Å². The Morgan fingerprint density at radius 1 is 1.19 bits per heavy atom. The Kier molecular flexibility index (Phi) is 6.15. The van der Waals surface area contributed by atoms with Gasteiger partial charge in [0.1, 0.15) is 0 Å². The lowest BCUT2D eigenvalue weighted by Gasteiger charge is -2.12. The van der Waals surface area contributed by atoms with Crippen LogP contribution in [0.3, 0.4) is 0 Å². The zero-order chi connectivity index (χ0) is 12.7. The normalized spacial score (nSPS) is 11.2. The summed E-state index contributed by atoms with van der Waals surface area (Å²) in [6.07, 6.45) is 2.10. The summed E-state index contributed by atoms with van der Waals surface area (Å²) in [5, 5.41) is 0. The highest BCUT2D eigenvalue weighted by Gasteiger charge is 2.28. The fourth-order valence-electron chi connectivity index (χ4n) is 1.35. The largest absolute Gasteiger partial charge is 0.468 e. The Labute approximate surface area is 95.9 Å². The summed E-state index contributed by atoms with van der Waals surface area (Å²) in [5.74, 6) is -2.06. The standard InChI is InChI=1S/C12H18O4/c1-8(2)6-9(3)7-10(11(13)15-4)12(14)16-5/h6,10H,1,7H2,2-5H3. The highest BCUT2D eigenvalue weighted by molar-refractivity contribution is 5.95. The van der Waals surface area contributed by atoms with Gasteiger partial charge in [-0.1, -0.05) is 23.8 Å². The number of carbonyl (C=O) groups excluding carboxylic acids is 2. The molecular weight excluding hydrogens is 208 g/mol. The highest BCUT2D eigenvalue weighted by Crippen LogP contribution is 2.16. The first-order valence-electron chi connectivity index (χ1n) is 4.90. The minimum absolute atomic E-state index is 0.284. The highest BCUT2D eigenvalue weighted by atomic mass is 16.5. The lowest BCUT2D eigenvalue weighted by Crippen LogP contribution is -2.26. The molecule has 0 aliphatic heterocycles. The molecule has 0 saturated heterocycles. The van der Waals surface area contributed by atoms with E-state index in [1.54, 1.807) is 0 Å². The van der Waals surface area contributed by atoms with E-state index in [2.05, 4.69) is 16.1 Å². The van der Waals surface area contributed by atoms with Crippen LogP contribution in [0.15, 0.2) is 23.8 Å². The molecule has 90 valence electrons. The van der Waals surface area contributed by atoms with Gasteiger partial charge in [0.05, 0.1) is 14.2 Å². The van der Waals surface area contributed by atoms with Gasteiger partial charge in [-0.2, -0.15) is 0 Å². The molecule has 0 bridgehead atoms. The van der Waals surface area contributed by atoms with Crippen LogP contribution in [0.4, 0.5) is 0 Å². The van der Waals surface area contributed by atoms with Crippen molar-refractivity contribution < 1.29 is 19.1 Å². The van der Waals surface area contributed by atoms with Crippen molar-refractivity contribution >= 4 is 11.9 Å². The van der Waals surface area contributed by atoms with E-state index in [0.717, 1.165) is 11.1 Å². The number of rotatable bonds is 5. The van der Waals surface area contributed by atoms with Crippen molar-refractivity contribution in [3.05, 3.63) is 23.8 Å². The summed E-state index contributed by atoms with van der Waals surface area (Å²) >= 11 is 0. The van der Waals surface area contributed by atoms with Gasteiger partial charge in [-0.15, -0.1) is 0 Å². The van der Waals surface area contributed by atoms with Gasteiger partial charge in [0, 0.05) is 0 Å². The molecule has 4 nitrogen and oxygen atoms in total. The summed E-state index contributed by atoms with van der Waals surface area (Å²) in [5.41, 5.74) is 1.75. The quantitative estimate of drug-likeness (QED) is 0.408. The average Bonchev–Trinajstić information content (AvgIpc) is 2.22. The second-order valence-corrected chi connectivity index (χ2v) is 3.64. The number of esters is 2. The molecule has 0 fully saturated rings. The van der Waals surface area contributed by atoms with E-state index in [0.29, 0.717) is 0 Å². The predicted octanol–water partition coefficient (Wildman–Crippen LogP) is 1.86. The molecule has 4 heteroatoms. The van der Waals surface area contributed by atoms with Gasteiger partial charge in [0.15, 0.2) is 5.92 Å². The van der Waals surface area contributed by atoms with Crippen LogP contribution in [-0.4, -0.2) is 26.2 Å². The number of methoxy groups -OCH3 is 2. The van der Waals surface area contributed by atoms with Crippen LogP contribution in [0.5, 0.6) is 0 Å². The molecule has 0 heterocycles. The molecule has 0 aromatic heterocycles. The van der Waals surface area contributed by atoms with Crippen LogP contribution in [0.2, 0.25) is 0 Å². The third-order valence-electron chi connectivity index (χ3n) is 1.99. The fourth-order valence-corrected chi connectivity index (χ4v) is 1.35. The van der Waals surface area contributed by atoms with Crippen molar-refractivity contribution in [2.45, 2.75) is 20.3 Å². The molecule has 0 rings (SSSR count). The maximum Gasteiger partial charge on any atom is 0.320 e. The Hall–Kier alpha value is -1.58. The van der Waals surface area contributed by atoms with Gasteiger partial charge in [0.2, 0.25) is 0 Å². The SMILES string of the molecule is C=C(C)C=C(C)CC(C(=O)OC)C(=O)OC. The van der Waals surface area contributed by atoms with Gasteiger partial charge < -0.3 is 9.47 Å². The summed E-state index contributed by atoms with van der Waals surface area (Å²) in [6, 6.07) is 0. The Morgan fingerprint density at radius 3 is 1.94 bits per heavy atom. The van der Waals surface area contributed by atoms with E-state index >= 15 is 0 Å². The van der Waals surface area contributed by atoms with E-state index in [4.69, 9.17) is 0 Å². The van der Waals surface area contributed by atoms with E-state index < -0.39 is 17.9 Å². The van der Waals surface area contributed by atoms with Gasteiger partial charge in [-0.25, -0.2) is 0 Å². The molecule has 16 heavy (non-hydrogen) atoms. The van der Waals surface area contributed by atoms with Crippen molar-refractivity contribution in [1.82, 2.24) is 0 Å². The molecule has 0 N–H and O–H groups in total. The predicted molar refractivity (Wildman–Crippen MR) is 60.7 cm³/mol. The first-order valence-corrected chi connectivity index (χ1v) is 4.90. The number of carbonyl (C=O) groups is 2.